The number of nitrogens with zero attached hydrogens (tertiary/aromatic N) is 1. The molecule has 0 bridgehead atoms. The van der Waals surface area contributed by atoms with E-state index in [4.69, 9.17) is 5.73 Å². The largest absolute Gasteiger partial charge is 0.385 e. The van der Waals surface area contributed by atoms with Gasteiger partial charge in [-0.15, -0.1) is 0 Å². The Morgan fingerprint density at radius 1 is 1.33 bits per heavy atom. The zero-order valence-electron chi connectivity index (χ0n) is 8.25. The Morgan fingerprint density at radius 2 is 2.07 bits per heavy atom. The number of hydrogen-bond acceptors (Lipinski definition) is 2. The molecule has 1 fully saturated rings. The van der Waals surface area contributed by atoms with E-state index in [1.165, 1.54) is 0 Å². The highest BCUT2D eigenvalue weighted by Crippen LogP contribution is 2.51. The summed E-state index contributed by atoms with van der Waals surface area (Å²) < 4.78 is 0. The second kappa shape index (κ2) is 2.54. The lowest BCUT2D eigenvalue weighted by Crippen LogP contribution is -2.05. The number of nitriles is 1. The van der Waals surface area contributed by atoms with Crippen molar-refractivity contribution in [3.05, 3.63) is 29.8 Å². The first-order chi connectivity index (χ1) is 7.27. The Bertz CT molecular complexity index is 570. The van der Waals surface area contributed by atoms with Crippen LogP contribution < -0.4 is 5.73 Å². The van der Waals surface area contributed by atoms with Crippen molar-refractivity contribution in [1.82, 2.24) is 4.98 Å². The van der Waals surface area contributed by atoms with Crippen molar-refractivity contribution in [2.24, 2.45) is 0 Å². The molecule has 1 heterocycles. The Morgan fingerprint density at radius 3 is 2.73 bits per heavy atom. The number of rotatable bonds is 1. The first-order valence-electron chi connectivity index (χ1n) is 5.05. The topological polar surface area (TPSA) is 65.6 Å². The van der Waals surface area contributed by atoms with Crippen LogP contribution in [-0.4, -0.2) is 4.98 Å². The number of aromatic amines is 1. The molecule has 0 saturated heterocycles. The summed E-state index contributed by atoms with van der Waals surface area (Å²) in [4.78, 5) is 3.13. The molecule has 0 atom stereocenters. The molecule has 1 aromatic heterocycles. The first kappa shape index (κ1) is 8.37. The van der Waals surface area contributed by atoms with Crippen molar-refractivity contribution in [1.29, 1.82) is 5.26 Å². The number of anilines is 1. The summed E-state index contributed by atoms with van der Waals surface area (Å²) in [7, 11) is 0. The van der Waals surface area contributed by atoms with Crippen molar-refractivity contribution < 1.29 is 0 Å². The van der Waals surface area contributed by atoms with Gasteiger partial charge in [-0.1, -0.05) is 18.2 Å². The summed E-state index contributed by atoms with van der Waals surface area (Å²) >= 11 is 0. The summed E-state index contributed by atoms with van der Waals surface area (Å²) in [5.41, 5.74) is 7.65. The van der Waals surface area contributed by atoms with Gasteiger partial charge in [-0.2, -0.15) is 5.26 Å². The van der Waals surface area contributed by atoms with E-state index in [1.54, 1.807) is 0 Å². The minimum absolute atomic E-state index is 0.316. The number of aromatic nitrogens is 1. The molecule has 74 valence electrons. The van der Waals surface area contributed by atoms with Crippen molar-refractivity contribution >= 4 is 16.7 Å². The van der Waals surface area contributed by atoms with Gasteiger partial charge in [-0.25, -0.2) is 0 Å². The average molecular weight is 197 g/mol. The second-order valence-corrected chi connectivity index (χ2v) is 4.15. The molecule has 3 nitrogen and oxygen atoms in total. The lowest BCUT2D eigenvalue weighted by Gasteiger charge is -2.04. The number of nitrogen functional groups attached to an aromatic ring is 1. The highest BCUT2D eigenvalue weighted by molar-refractivity contribution is 5.90. The highest BCUT2D eigenvalue weighted by atomic mass is 14.9. The van der Waals surface area contributed by atoms with E-state index in [9.17, 15) is 5.26 Å². The van der Waals surface area contributed by atoms with Gasteiger partial charge >= 0.3 is 0 Å². The van der Waals surface area contributed by atoms with Gasteiger partial charge in [0.15, 0.2) is 0 Å². The zero-order chi connectivity index (χ0) is 10.5. The van der Waals surface area contributed by atoms with Crippen molar-refractivity contribution in [2.45, 2.75) is 18.3 Å². The van der Waals surface area contributed by atoms with E-state index in [1.807, 2.05) is 24.3 Å². The quantitative estimate of drug-likeness (QED) is 0.736. The van der Waals surface area contributed by atoms with E-state index >= 15 is 0 Å². The third kappa shape index (κ3) is 0.991. The molecule has 0 aliphatic heterocycles. The molecule has 3 N–H and O–H groups in total. The van der Waals surface area contributed by atoms with Crippen LogP contribution in [0.1, 0.15) is 18.4 Å². The van der Waals surface area contributed by atoms with E-state index in [0.717, 1.165) is 29.3 Å². The number of nitrogens with one attached hydrogen (secondary N) is 1. The summed E-state index contributed by atoms with van der Waals surface area (Å²) in [5.74, 6) is 0.648. The van der Waals surface area contributed by atoms with Gasteiger partial charge in [-0.05, 0) is 18.9 Å². The molecule has 0 unspecified atom stereocenters. The maximum absolute atomic E-state index is 9.19. The van der Waals surface area contributed by atoms with Gasteiger partial charge in [0.2, 0.25) is 0 Å². The van der Waals surface area contributed by atoms with Gasteiger partial charge in [0.25, 0.3) is 0 Å². The number of fused-ring (bicyclic) bond motifs is 1. The number of benzene rings is 1. The molecule has 0 amide bonds. The maximum atomic E-state index is 9.19. The molecule has 2 aromatic rings. The van der Waals surface area contributed by atoms with E-state index in [2.05, 4.69) is 11.1 Å². The third-order valence-electron chi connectivity index (χ3n) is 3.18. The number of para-hydroxylation sites is 1. The normalized spacial score (nSPS) is 17.5. The van der Waals surface area contributed by atoms with Crippen LogP contribution in [0.25, 0.3) is 10.9 Å². The Hall–Kier alpha value is -1.95. The molecular formula is C12H11N3. The molecule has 1 saturated carbocycles. The molecule has 1 aliphatic rings. The maximum Gasteiger partial charge on any atom is 0.106 e. The predicted octanol–water partition coefficient (Wildman–Crippen LogP) is 2.31. The lowest BCUT2D eigenvalue weighted by molar-refractivity contribution is 0.923. The molecule has 3 rings (SSSR count). The van der Waals surface area contributed by atoms with Crippen LogP contribution in [0.5, 0.6) is 0 Å². The van der Waals surface area contributed by atoms with Crippen LogP contribution in [0.4, 0.5) is 5.82 Å². The average Bonchev–Trinajstić information content (AvgIpc) is 2.95. The molecule has 0 radical (unpaired) electrons. The van der Waals surface area contributed by atoms with Crippen LogP contribution >= 0.6 is 0 Å². The molecule has 15 heavy (non-hydrogen) atoms. The van der Waals surface area contributed by atoms with Gasteiger partial charge in [0.1, 0.15) is 5.82 Å². The third-order valence-corrected chi connectivity index (χ3v) is 3.18. The fraction of sp³-hybridized carbons (Fsp3) is 0.250. The summed E-state index contributed by atoms with van der Waals surface area (Å²) in [6.07, 6.45) is 1.85. The first-order valence-corrected chi connectivity index (χ1v) is 5.05. The Kier molecular flexibility index (Phi) is 1.42. The monoisotopic (exact) mass is 197 g/mol. The molecule has 0 spiro atoms. The minimum atomic E-state index is -0.316. The van der Waals surface area contributed by atoms with Crippen molar-refractivity contribution in [3.8, 4) is 6.07 Å². The number of nitrogens with two attached hydrogens (primary N) is 1. The van der Waals surface area contributed by atoms with Gasteiger partial charge in [0.05, 0.1) is 11.5 Å². The Balaban J connectivity index is 2.35. The number of hydrogen-bond donors (Lipinski definition) is 2. The van der Waals surface area contributed by atoms with Crippen LogP contribution in [-0.2, 0) is 5.41 Å². The van der Waals surface area contributed by atoms with E-state index < -0.39 is 0 Å². The van der Waals surface area contributed by atoms with Crippen LogP contribution in [0.3, 0.4) is 0 Å². The minimum Gasteiger partial charge on any atom is -0.385 e. The van der Waals surface area contributed by atoms with Crippen LogP contribution in [0, 0.1) is 11.3 Å². The zero-order valence-corrected chi connectivity index (χ0v) is 8.25. The van der Waals surface area contributed by atoms with Crippen molar-refractivity contribution in [3.63, 3.8) is 0 Å². The van der Waals surface area contributed by atoms with E-state index in [0.29, 0.717) is 5.82 Å². The summed E-state index contributed by atoms with van der Waals surface area (Å²) in [5, 5.41) is 10.3. The molecule has 1 aromatic carbocycles. The van der Waals surface area contributed by atoms with Crippen LogP contribution in [0.2, 0.25) is 0 Å². The summed E-state index contributed by atoms with van der Waals surface area (Å²) in [6.45, 7) is 0. The second-order valence-electron chi connectivity index (χ2n) is 4.15. The lowest BCUT2D eigenvalue weighted by atomic mass is 9.96. The molecule has 3 heteroatoms. The predicted molar refractivity (Wildman–Crippen MR) is 59.2 cm³/mol. The smallest absolute Gasteiger partial charge is 0.106 e. The standard InChI is InChI=1S/C12H11N3/c13-7-12(5-6-12)10-8-3-1-2-4-9(8)15-11(10)14/h1-4,15H,5-6,14H2. The van der Waals surface area contributed by atoms with Crippen molar-refractivity contribution in [2.75, 3.05) is 5.73 Å². The van der Waals surface area contributed by atoms with Gasteiger partial charge in [-0.3, -0.25) is 0 Å². The molecule has 1 aliphatic carbocycles. The Labute approximate surface area is 87.5 Å². The van der Waals surface area contributed by atoms with E-state index in [-0.39, 0.29) is 5.41 Å². The SMILES string of the molecule is N#CC1(c2c(N)[nH]c3ccccc23)CC1. The number of H-pyrrole nitrogens is 1. The molecular weight excluding hydrogens is 186 g/mol. The van der Waals surface area contributed by atoms with Gasteiger partial charge in [0, 0.05) is 16.5 Å². The summed E-state index contributed by atoms with van der Waals surface area (Å²) in [6, 6.07) is 10.3. The highest BCUT2D eigenvalue weighted by Gasteiger charge is 2.47. The van der Waals surface area contributed by atoms with Crippen LogP contribution in [0.15, 0.2) is 24.3 Å². The van der Waals surface area contributed by atoms with Gasteiger partial charge < -0.3 is 10.7 Å². The fourth-order valence-corrected chi connectivity index (χ4v) is 2.22. The fourth-order valence-electron chi connectivity index (χ4n) is 2.22.